The molecular formula is C9H8BrCl2NO2. The van der Waals surface area contributed by atoms with Crippen molar-refractivity contribution in [3.63, 3.8) is 0 Å². The first-order chi connectivity index (χ1) is 6.58. The molecule has 6 heteroatoms. The van der Waals surface area contributed by atoms with Gasteiger partial charge >= 0.3 is 5.97 Å². The Labute approximate surface area is 106 Å². The van der Waals surface area contributed by atoms with Gasteiger partial charge in [0.05, 0.1) is 11.4 Å². The lowest BCUT2D eigenvalue weighted by molar-refractivity contribution is -0.135. The third-order valence-corrected chi connectivity index (χ3v) is 2.78. The average Bonchev–Trinajstić information content (AvgIpc) is 2.07. The summed E-state index contributed by atoms with van der Waals surface area (Å²) >= 11 is 9.22. The quantitative estimate of drug-likeness (QED) is 0.592. The SMILES string of the molecule is Cl.NC1CC(=O)Oc2c(Cl)cc(Br)cc21. The molecule has 82 valence electrons. The molecule has 2 N–H and O–H groups in total. The van der Waals surface area contributed by atoms with E-state index in [2.05, 4.69) is 15.9 Å². The molecule has 0 amide bonds. The predicted molar refractivity (Wildman–Crippen MR) is 63.6 cm³/mol. The number of esters is 1. The molecule has 0 aromatic heterocycles. The van der Waals surface area contributed by atoms with Gasteiger partial charge in [-0.3, -0.25) is 4.79 Å². The highest BCUT2D eigenvalue weighted by atomic mass is 79.9. The molecule has 0 aliphatic carbocycles. The number of ether oxygens (including phenoxy) is 1. The molecule has 1 aliphatic heterocycles. The van der Waals surface area contributed by atoms with Crippen molar-refractivity contribution in [2.45, 2.75) is 12.5 Å². The van der Waals surface area contributed by atoms with Gasteiger partial charge in [0, 0.05) is 16.1 Å². The lowest BCUT2D eigenvalue weighted by Crippen LogP contribution is -2.25. The van der Waals surface area contributed by atoms with E-state index < -0.39 is 0 Å². The number of carbonyl (C=O) groups is 1. The maximum atomic E-state index is 11.1. The van der Waals surface area contributed by atoms with Crippen molar-refractivity contribution < 1.29 is 9.53 Å². The highest BCUT2D eigenvalue weighted by Gasteiger charge is 2.26. The summed E-state index contributed by atoms with van der Waals surface area (Å²) in [5, 5.41) is 0.401. The Balaban J connectivity index is 0.00000112. The van der Waals surface area contributed by atoms with E-state index in [1.165, 1.54) is 0 Å². The molecular weight excluding hydrogens is 305 g/mol. The number of benzene rings is 1. The molecule has 0 fully saturated rings. The molecule has 1 heterocycles. The van der Waals surface area contributed by atoms with Crippen LogP contribution >= 0.6 is 39.9 Å². The van der Waals surface area contributed by atoms with Crippen molar-refractivity contribution in [2.24, 2.45) is 5.73 Å². The van der Waals surface area contributed by atoms with E-state index >= 15 is 0 Å². The van der Waals surface area contributed by atoms with Crippen LogP contribution in [0, 0.1) is 0 Å². The largest absolute Gasteiger partial charge is 0.425 e. The molecule has 0 bridgehead atoms. The summed E-state index contributed by atoms with van der Waals surface area (Å²) in [6, 6.07) is 3.16. The number of nitrogens with two attached hydrogens (primary N) is 1. The van der Waals surface area contributed by atoms with Gasteiger partial charge in [0.15, 0.2) is 5.75 Å². The Morgan fingerprint density at radius 1 is 1.53 bits per heavy atom. The zero-order valence-electron chi connectivity index (χ0n) is 7.50. The number of carbonyl (C=O) groups excluding carboxylic acids is 1. The topological polar surface area (TPSA) is 52.3 Å². The van der Waals surface area contributed by atoms with Crippen LogP contribution in [0.1, 0.15) is 18.0 Å². The third kappa shape index (κ3) is 2.45. The summed E-state index contributed by atoms with van der Waals surface area (Å²) in [5.74, 6) is 0.0489. The van der Waals surface area contributed by atoms with E-state index in [1.54, 1.807) is 6.07 Å². The zero-order valence-corrected chi connectivity index (χ0v) is 10.7. The summed E-state index contributed by atoms with van der Waals surface area (Å²) in [6.45, 7) is 0. The molecule has 0 saturated heterocycles. The van der Waals surface area contributed by atoms with Crippen molar-refractivity contribution >= 4 is 45.9 Å². The second kappa shape index (κ2) is 4.70. The molecule has 0 radical (unpaired) electrons. The Morgan fingerprint density at radius 3 is 2.87 bits per heavy atom. The van der Waals surface area contributed by atoms with Crippen LogP contribution in [0.2, 0.25) is 5.02 Å². The van der Waals surface area contributed by atoms with Crippen LogP contribution in [0.5, 0.6) is 5.75 Å². The van der Waals surface area contributed by atoms with Gasteiger partial charge in [-0.05, 0) is 12.1 Å². The number of hydrogen-bond acceptors (Lipinski definition) is 3. The second-order valence-electron chi connectivity index (χ2n) is 3.09. The Bertz CT molecular complexity index is 411. The molecule has 1 atom stereocenters. The van der Waals surface area contributed by atoms with Crippen LogP contribution in [0.4, 0.5) is 0 Å². The van der Waals surface area contributed by atoms with E-state index in [-0.39, 0.29) is 30.8 Å². The number of rotatable bonds is 0. The summed E-state index contributed by atoms with van der Waals surface area (Å²) in [7, 11) is 0. The fourth-order valence-electron chi connectivity index (χ4n) is 1.41. The van der Waals surface area contributed by atoms with Gasteiger partial charge < -0.3 is 10.5 Å². The minimum atomic E-state index is -0.339. The van der Waals surface area contributed by atoms with Crippen molar-refractivity contribution in [3.05, 3.63) is 27.2 Å². The smallest absolute Gasteiger partial charge is 0.313 e. The Morgan fingerprint density at radius 2 is 2.20 bits per heavy atom. The van der Waals surface area contributed by atoms with E-state index in [1.807, 2.05) is 6.07 Å². The van der Waals surface area contributed by atoms with Gasteiger partial charge in [-0.2, -0.15) is 0 Å². The van der Waals surface area contributed by atoms with E-state index in [0.29, 0.717) is 10.8 Å². The standard InChI is InChI=1S/C9H7BrClNO2.ClH/c10-4-1-5-7(12)3-8(13)14-9(5)6(11)2-4;/h1-2,7H,3,12H2;1H. The van der Waals surface area contributed by atoms with Crippen LogP contribution in [-0.4, -0.2) is 5.97 Å². The molecule has 0 saturated carbocycles. The van der Waals surface area contributed by atoms with E-state index in [4.69, 9.17) is 22.1 Å². The first kappa shape index (κ1) is 12.8. The van der Waals surface area contributed by atoms with Gasteiger partial charge in [0.1, 0.15) is 0 Å². The maximum Gasteiger partial charge on any atom is 0.313 e. The van der Waals surface area contributed by atoms with Gasteiger partial charge in [-0.15, -0.1) is 12.4 Å². The van der Waals surface area contributed by atoms with Crippen molar-refractivity contribution in [2.75, 3.05) is 0 Å². The van der Waals surface area contributed by atoms with E-state index in [0.717, 1.165) is 10.0 Å². The molecule has 1 aromatic rings. The van der Waals surface area contributed by atoms with Crippen molar-refractivity contribution in [1.29, 1.82) is 0 Å². The Hall–Kier alpha value is -0.290. The summed E-state index contributed by atoms with van der Waals surface area (Å²) in [6.07, 6.45) is 0.194. The van der Waals surface area contributed by atoms with Crippen LogP contribution in [-0.2, 0) is 4.79 Å². The summed E-state index contributed by atoms with van der Waals surface area (Å²) in [5.41, 5.74) is 6.56. The molecule has 1 aliphatic rings. The molecule has 0 spiro atoms. The normalized spacial score (nSPS) is 18.9. The number of fused-ring (bicyclic) bond motifs is 1. The van der Waals surface area contributed by atoms with Gasteiger partial charge in [-0.25, -0.2) is 0 Å². The van der Waals surface area contributed by atoms with Crippen LogP contribution in [0.3, 0.4) is 0 Å². The highest BCUT2D eigenvalue weighted by molar-refractivity contribution is 9.10. The summed E-state index contributed by atoms with van der Waals surface area (Å²) in [4.78, 5) is 11.1. The van der Waals surface area contributed by atoms with Crippen LogP contribution in [0.25, 0.3) is 0 Å². The van der Waals surface area contributed by atoms with Crippen molar-refractivity contribution in [1.82, 2.24) is 0 Å². The van der Waals surface area contributed by atoms with Crippen LogP contribution in [0.15, 0.2) is 16.6 Å². The Kier molecular flexibility index (Phi) is 4.00. The minimum absolute atomic E-state index is 0. The molecule has 15 heavy (non-hydrogen) atoms. The fourth-order valence-corrected chi connectivity index (χ4v) is 2.28. The number of hydrogen-bond donors (Lipinski definition) is 1. The highest BCUT2D eigenvalue weighted by Crippen LogP contribution is 2.39. The van der Waals surface area contributed by atoms with Crippen molar-refractivity contribution in [3.8, 4) is 5.75 Å². The molecule has 1 aromatic carbocycles. The lowest BCUT2D eigenvalue weighted by Gasteiger charge is -2.22. The molecule has 3 nitrogen and oxygen atoms in total. The second-order valence-corrected chi connectivity index (χ2v) is 4.41. The van der Waals surface area contributed by atoms with Gasteiger partial charge in [-0.1, -0.05) is 27.5 Å². The molecule has 1 unspecified atom stereocenters. The lowest BCUT2D eigenvalue weighted by atomic mass is 10.0. The van der Waals surface area contributed by atoms with Crippen LogP contribution < -0.4 is 10.5 Å². The fraction of sp³-hybridized carbons (Fsp3) is 0.222. The monoisotopic (exact) mass is 311 g/mol. The third-order valence-electron chi connectivity index (χ3n) is 2.04. The maximum absolute atomic E-state index is 11.1. The van der Waals surface area contributed by atoms with E-state index in [9.17, 15) is 4.79 Å². The minimum Gasteiger partial charge on any atom is -0.425 e. The first-order valence-corrected chi connectivity index (χ1v) is 5.20. The van der Waals surface area contributed by atoms with Gasteiger partial charge in [0.25, 0.3) is 0 Å². The average molecular weight is 313 g/mol. The van der Waals surface area contributed by atoms with Gasteiger partial charge in [0.2, 0.25) is 0 Å². The predicted octanol–water partition coefficient (Wildman–Crippen LogP) is 2.83. The first-order valence-electron chi connectivity index (χ1n) is 4.03. The molecule has 2 rings (SSSR count). The number of halogens is 3. The summed E-state index contributed by atoms with van der Waals surface area (Å²) < 4.78 is 5.84. The zero-order chi connectivity index (χ0) is 10.3.